The first kappa shape index (κ1) is 19.3. The third kappa shape index (κ3) is 3.52. The normalized spacial score (nSPS) is 21.3. The quantitative estimate of drug-likeness (QED) is 0.788. The lowest BCUT2D eigenvalue weighted by atomic mass is 10.0. The lowest BCUT2D eigenvalue weighted by molar-refractivity contribution is -0.129. The Labute approximate surface area is 177 Å². The highest BCUT2D eigenvalue weighted by molar-refractivity contribution is 5.85. The second-order valence-corrected chi connectivity index (χ2v) is 9.05. The maximum Gasteiger partial charge on any atom is 0.244 e. The summed E-state index contributed by atoms with van der Waals surface area (Å²) in [5.41, 5.74) is 3.52. The minimum Gasteiger partial charge on any atom is -0.347 e. The highest BCUT2D eigenvalue weighted by atomic mass is 16.2. The first-order chi connectivity index (χ1) is 14.6. The number of fused-ring (bicyclic) bond motifs is 1. The molecule has 2 aromatic heterocycles. The van der Waals surface area contributed by atoms with Crippen LogP contribution in [-0.2, 0) is 17.6 Å². The van der Waals surface area contributed by atoms with Crippen LogP contribution in [0.15, 0.2) is 6.07 Å². The number of likely N-dealkylation sites (N-methyl/N-ethyl adjacent to an activating group) is 1. The van der Waals surface area contributed by atoms with Gasteiger partial charge in [-0.3, -0.25) is 9.89 Å². The first-order valence-electron chi connectivity index (χ1n) is 11.3. The first-order valence-corrected chi connectivity index (χ1v) is 11.3. The van der Waals surface area contributed by atoms with Crippen molar-refractivity contribution >= 4 is 23.5 Å². The van der Waals surface area contributed by atoms with E-state index in [-0.39, 0.29) is 11.9 Å². The fraction of sp³-hybridized carbons (Fsp3) is 0.636. The van der Waals surface area contributed by atoms with Gasteiger partial charge in [-0.1, -0.05) is 12.8 Å². The molecule has 3 aliphatic rings. The average molecular weight is 410 g/mol. The van der Waals surface area contributed by atoms with Crippen LogP contribution in [0.2, 0.25) is 0 Å². The lowest BCUT2D eigenvalue weighted by Gasteiger charge is -2.27. The van der Waals surface area contributed by atoms with E-state index in [2.05, 4.69) is 26.5 Å². The van der Waals surface area contributed by atoms with E-state index in [0.717, 1.165) is 56.0 Å². The molecule has 0 bridgehead atoms. The van der Waals surface area contributed by atoms with Crippen molar-refractivity contribution in [3.8, 4) is 0 Å². The third-order valence-corrected chi connectivity index (χ3v) is 6.80. The van der Waals surface area contributed by atoms with Crippen LogP contribution in [0.25, 0.3) is 0 Å². The van der Waals surface area contributed by atoms with Crippen molar-refractivity contribution in [2.45, 2.75) is 69.7 Å². The fourth-order valence-corrected chi connectivity index (χ4v) is 5.18. The molecule has 5 rings (SSSR count). The molecule has 2 aromatic rings. The molecule has 0 radical (unpaired) electrons. The summed E-state index contributed by atoms with van der Waals surface area (Å²) in [5.74, 6) is 3.06. The van der Waals surface area contributed by atoms with Gasteiger partial charge in [0.1, 0.15) is 11.9 Å². The molecule has 1 atom stereocenters. The molecule has 1 saturated heterocycles. The smallest absolute Gasteiger partial charge is 0.244 e. The number of carbonyl (C=O) groups excluding carboxylic acids is 1. The van der Waals surface area contributed by atoms with Gasteiger partial charge in [-0.05, 0) is 44.9 Å². The number of hydrogen-bond acceptors (Lipinski definition) is 6. The molecule has 8 nitrogen and oxygen atoms in total. The van der Waals surface area contributed by atoms with E-state index in [1.807, 2.05) is 14.1 Å². The van der Waals surface area contributed by atoms with Crippen molar-refractivity contribution in [3.63, 3.8) is 0 Å². The number of carbonyl (C=O) groups is 1. The SMILES string of the molecule is CN(C)C(=O)[C@@H]1CCCN1c1nc2c(c(Nc3cc(C4CCCC4)[nH]n3)n1)CCC2. The Hall–Kier alpha value is -2.64. The van der Waals surface area contributed by atoms with Gasteiger partial charge in [0, 0.05) is 43.9 Å². The molecule has 0 unspecified atom stereocenters. The summed E-state index contributed by atoms with van der Waals surface area (Å²) in [7, 11) is 3.63. The Kier molecular flexibility index (Phi) is 5.08. The number of hydrogen-bond donors (Lipinski definition) is 2. The van der Waals surface area contributed by atoms with E-state index < -0.39 is 0 Å². The van der Waals surface area contributed by atoms with Crippen molar-refractivity contribution in [1.82, 2.24) is 25.1 Å². The van der Waals surface area contributed by atoms with Crippen LogP contribution < -0.4 is 10.2 Å². The Morgan fingerprint density at radius 2 is 1.97 bits per heavy atom. The zero-order valence-corrected chi connectivity index (χ0v) is 17.9. The maximum atomic E-state index is 12.7. The average Bonchev–Trinajstić information content (AvgIpc) is 3.53. The largest absolute Gasteiger partial charge is 0.347 e. The number of aromatic nitrogens is 4. The molecular weight excluding hydrogens is 378 g/mol. The van der Waals surface area contributed by atoms with Crippen molar-refractivity contribution in [3.05, 3.63) is 23.0 Å². The summed E-state index contributed by atoms with van der Waals surface area (Å²) in [6.45, 7) is 0.816. The van der Waals surface area contributed by atoms with Crippen LogP contribution in [0.1, 0.15) is 67.8 Å². The molecule has 1 aliphatic heterocycles. The van der Waals surface area contributed by atoms with E-state index in [1.165, 1.54) is 36.9 Å². The molecule has 160 valence electrons. The van der Waals surface area contributed by atoms with E-state index in [4.69, 9.17) is 9.97 Å². The van der Waals surface area contributed by atoms with Crippen molar-refractivity contribution in [1.29, 1.82) is 0 Å². The highest BCUT2D eigenvalue weighted by Gasteiger charge is 2.34. The van der Waals surface area contributed by atoms with E-state index in [9.17, 15) is 4.79 Å². The molecule has 8 heteroatoms. The second kappa shape index (κ2) is 7.89. The Morgan fingerprint density at radius 3 is 2.77 bits per heavy atom. The molecular formula is C22H31N7O. The van der Waals surface area contributed by atoms with Crippen LogP contribution >= 0.6 is 0 Å². The molecule has 1 saturated carbocycles. The number of H-pyrrole nitrogens is 1. The van der Waals surface area contributed by atoms with Crippen LogP contribution in [-0.4, -0.2) is 57.7 Å². The van der Waals surface area contributed by atoms with Crippen LogP contribution in [0.5, 0.6) is 0 Å². The van der Waals surface area contributed by atoms with Gasteiger partial charge in [0.15, 0.2) is 5.82 Å². The molecule has 2 N–H and O–H groups in total. The number of amides is 1. The van der Waals surface area contributed by atoms with Crippen molar-refractivity contribution < 1.29 is 4.79 Å². The zero-order chi connectivity index (χ0) is 20.7. The van der Waals surface area contributed by atoms with Gasteiger partial charge < -0.3 is 15.1 Å². The molecule has 1 amide bonds. The predicted molar refractivity (Wildman–Crippen MR) is 116 cm³/mol. The minimum atomic E-state index is -0.174. The Balaban J connectivity index is 1.43. The Morgan fingerprint density at radius 1 is 1.13 bits per heavy atom. The van der Waals surface area contributed by atoms with Gasteiger partial charge in [0.2, 0.25) is 11.9 Å². The van der Waals surface area contributed by atoms with Crippen LogP contribution in [0, 0.1) is 0 Å². The summed E-state index contributed by atoms with van der Waals surface area (Å²) in [6, 6.07) is 1.96. The second-order valence-electron chi connectivity index (χ2n) is 9.05. The monoisotopic (exact) mass is 409 g/mol. The predicted octanol–water partition coefficient (Wildman–Crippen LogP) is 3.15. The number of aromatic amines is 1. The molecule has 30 heavy (non-hydrogen) atoms. The maximum absolute atomic E-state index is 12.7. The summed E-state index contributed by atoms with van der Waals surface area (Å²) < 4.78 is 0. The minimum absolute atomic E-state index is 0.125. The Bertz CT molecular complexity index is 932. The molecule has 3 heterocycles. The van der Waals surface area contributed by atoms with Crippen LogP contribution in [0.4, 0.5) is 17.6 Å². The van der Waals surface area contributed by atoms with Crippen LogP contribution in [0.3, 0.4) is 0 Å². The standard InChI is InChI=1S/C22H31N7O/c1-28(2)21(30)18-11-6-12-29(18)22-23-16-10-5-9-15(16)20(25-22)24-19-13-17(26-27-19)14-7-3-4-8-14/h13-14,18H,3-12H2,1-2H3,(H2,23,24,25,26,27)/t18-/m0/s1. The van der Waals surface area contributed by atoms with Gasteiger partial charge in [0.25, 0.3) is 0 Å². The topological polar surface area (TPSA) is 90.0 Å². The van der Waals surface area contributed by atoms with Gasteiger partial charge in [-0.2, -0.15) is 10.1 Å². The summed E-state index contributed by atoms with van der Waals surface area (Å²) in [4.78, 5) is 26.2. The van der Waals surface area contributed by atoms with Gasteiger partial charge >= 0.3 is 0 Å². The molecule has 0 spiro atoms. The highest BCUT2D eigenvalue weighted by Crippen LogP contribution is 2.35. The number of nitrogens with zero attached hydrogens (tertiary/aromatic N) is 5. The third-order valence-electron chi connectivity index (χ3n) is 6.80. The number of anilines is 3. The molecule has 0 aromatic carbocycles. The lowest BCUT2D eigenvalue weighted by Crippen LogP contribution is -2.43. The van der Waals surface area contributed by atoms with E-state index >= 15 is 0 Å². The number of aryl methyl sites for hydroxylation is 1. The van der Waals surface area contributed by atoms with E-state index in [1.54, 1.807) is 4.90 Å². The van der Waals surface area contributed by atoms with Crippen molar-refractivity contribution in [2.24, 2.45) is 0 Å². The molecule has 2 aliphatic carbocycles. The fourth-order valence-electron chi connectivity index (χ4n) is 5.18. The number of rotatable bonds is 5. The van der Waals surface area contributed by atoms with E-state index in [0.29, 0.717) is 11.9 Å². The summed E-state index contributed by atoms with van der Waals surface area (Å²) >= 11 is 0. The van der Waals surface area contributed by atoms with Crippen molar-refractivity contribution in [2.75, 3.05) is 30.9 Å². The summed E-state index contributed by atoms with van der Waals surface area (Å²) in [5, 5.41) is 11.2. The number of nitrogens with one attached hydrogen (secondary N) is 2. The van der Waals surface area contributed by atoms with Gasteiger partial charge in [-0.25, -0.2) is 4.98 Å². The molecule has 2 fully saturated rings. The van der Waals surface area contributed by atoms with Gasteiger partial charge in [0.05, 0.1) is 5.69 Å². The zero-order valence-electron chi connectivity index (χ0n) is 17.9. The summed E-state index contributed by atoms with van der Waals surface area (Å²) in [6.07, 6.45) is 9.97. The van der Waals surface area contributed by atoms with Gasteiger partial charge in [-0.15, -0.1) is 0 Å².